The lowest BCUT2D eigenvalue weighted by atomic mass is 10.0. The number of anilines is 1. The Hall–Kier alpha value is -4.18. The fourth-order valence-electron chi connectivity index (χ4n) is 4.06. The van der Waals surface area contributed by atoms with Crippen molar-refractivity contribution in [1.82, 2.24) is 9.97 Å². The van der Waals surface area contributed by atoms with Crippen molar-refractivity contribution in [2.45, 2.75) is 17.5 Å². The molecule has 2 N–H and O–H groups in total. The van der Waals surface area contributed by atoms with Crippen LogP contribution in [0.25, 0.3) is 21.8 Å². The number of pyridine rings is 2. The molecule has 0 unspecified atom stereocenters. The van der Waals surface area contributed by atoms with E-state index in [-0.39, 0.29) is 22.2 Å². The predicted molar refractivity (Wildman–Crippen MR) is 131 cm³/mol. The third kappa shape index (κ3) is 4.67. The van der Waals surface area contributed by atoms with E-state index < -0.39 is 27.3 Å². The number of aromatic nitrogens is 2. The molecule has 0 saturated heterocycles. The minimum absolute atomic E-state index is 0.0367. The van der Waals surface area contributed by atoms with E-state index in [0.717, 1.165) is 5.39 Å². The Balaban J connectivity index is 1.41. The summed E-state index contributed by atoms with van der Waals surface area (Å²) in [4.78, 5) is 18.3. The highest BCUT2D eigenvalue weighted by molar-refractivity contribution is 7.92. The SMILES string of the molecule is O=c1cc(C(F)(F)F)c2cc(Cc3ccc(S(=O)(=O)Nc4cccc5cccnc45)cc3)ccc2[nH]1. The first-order valence-electron chi connectivity index (χ1n) is 10.8. The average molecular weight is 510 g/mol. The maximum absolute atomic E-state index is 13.4. The molecular formula is C26H18F3N3O3S. The molecule has 10 heteroatoms. The van der Waals surface area contributed by atoms with E-state index in [1.165, 1.54) is 24.3 Å². The Morgan fingerprint density at radius 2 is 1.61 bits per heavy atom. The Morgan fingerprint density at radius 1 is 0.889 bits per heavy atom. The number of hydrogen-bond donors (Lipinski definition) is 2. The van der Waals surface area contributed by atoms with E-state index in [4.69, 9.17) is 0 Å². The van der Waals surface area contributed by atoms with Gasteiger partial charge in [0.1, 0.15) is 0 Å². The van der Waals surface area contributed by atoms with Gasteiger partial charge in [0, 0.05) is 28.6 Å². The van der Waals surface area contributed by atoms with Gasteiger partial charge in [0.25, 0.3) is 10.0 Å². The molecule has 0 amide bonds. The van der Waals surface area contributed by atoms with Gasteiger partial charge in [-0.2, -0.15) is 13.2 Å². The smallest absolute Gasteiger partial charge is 0.322 e. The van der Waals surface area contributed by atoms with Gasteiger partial charge in [-0.05, 0) is 53.9 Å². The predicted octanol–water partition coefficient (Wildman–Crippen LogP) is 5.49. The van der Waals surface area contributed by atoms with Crippen LogP contribution >= 0.6 is 0 Å². The lowest BCUT2D eigenvalue weighted by Crippen LogP contribution is -2.14. The number of rotatable bonds is 5. The van der Waals surface area contributed by atoms with Crippen LogP contribution in [0.15, 0.2) is 94.7 Å². The molecule has 0 fully saturated rings. The second-order valence-corrected chi connectivity index (χ2v) is 9.91. The molecule has 0 bridgehead atoms. The van der Waals surface area contributed by atoms with Crippen molar-refractivity contribution in [3.63, 3.8) is 0 Å². The summed E-state index contributed by atoms with van der Waals surface area (Å²) in [5, 5.41) is 0.688. The highest BCUT2D eigenvalue weighted by atomic mass is 32.2. The molecule has 2 heterocycles. The third-order valence-corrected chi connectivity index (χ3v) is 7.11. The fraction of sp³-hybridized carbons (Fsp3) is 0.0769. The second kappa shape index (κ2) is 8.80. The summed E-state index contributed by atoms with van der Waals surface area (Å²) < 4.78 is 68.8. The first-order valence-corrected chi connectivity index (χ1v) is 12.3. The first-order chi connectivity index (χ1) is 17.1. The van der Waals surface area contributed by atoms with Crippen LogP contribution in [0.2, 0.25) is 0 Å². The molecule has 0 saturated carbocycles. The maximum Gasteiger partial charge on any atom is 0.417 e. The monoisotopic (exact) mass is 509 g/mol. The van der Waals surface area contributed by atoms with Crippen LogP contribution in [0.3, 0.4) is 0 Å². The molecule has 0 spiro atoms. The Bertz CT molecular complexity index is 1760. The molecule has 5 rings (SSSR count). The molecule has 0 atom stereocenters. The number of para-hydroxylation sites is 1. The van der Waals surface area contributed by atoms with Crippen LogP contribution in [0.5, 0.6) is 0 Å². The summed E-state index contributed by atoms with van der Waals surface area (Å²) in [6, 6.07) is 19.9. The van der Waals surface area contributed by atoms with E-state index in [1.54, 1.807) is 42.6 Å². The van der Waals surface area contributed by atoms with Gasteiger partial charge in [0.2, 0.25) is 5.56 Å². The molecule has 0 aliphatic rings. The largest absolute Gasteiger partial charge is 0.417 e. The van der Waals surface area contributed by atoms with E-state index in [1.807, 2.05) is 12.1 Å². The summed E-state index contributed by atoms with van der Waals surface area (Å²) in [6.45, 7) is 0. The zero-order valence-electron chi connectivity index (χ0n) is 18.5. The molecule has 3 aromatic carbocycles. The zero-order chi connectivity index (χ0) is 25.5. The van der Waals surface area contributed by atoms with Crippen molar-refractivity contribution in [2.75, 3.05) is 4.72 Å². The molecule has 6 nitrogen and oxygen atoms in total. The fourth-order valence-corrected chi connectivity index (χ4v) is 5.12. The standard InChI is InChI=1S/C26H18F3N3O3S/c27-26(28,29)21-15-24(33)31-22-11-8-17(14-20(21)22)13-16-6-9-19(10-7-16)36(34,35)32-23-5-1-3-18-4-2-12-30-25(18)23/h1-12,14-15,32H,13H2,(H,31,33). The van der Waals surface area contributed by atoms with Gasteiger partial charge in [0.15, 0.2) is 0 Å². The number of benzene rings is 3. The topological polar surface area (TPSA) is 91.9 Å². The second-order valence-electron chi connectivity index (χ2n) is 8.23. The number of fused-ring (bicyclic) bond motifs is 2. The minimum Gasteiger partial charge on any atom is -0.322 e. The average Bonchev–Trinajstić information content (AvgIpc) is 2.83. The van der Waals surface area contributed by atoms with Crippen molar-refractivity contribution < 1.29 is 21.6 Å². The number of nitrogens with zero attached hydrogens (tertiary/aromatic N) is 1. The van der Waals surface area contributed by atoms with Crippen LogP contribution in [0.4, 0.5) is 18.9 Å². The van der Waals surface area contributed by atoms with Crippen molar-refractivity contribution in [1.29, 1.82) is 0 Å². The van der Waals surface area contributed by atoms with Crippen LogP contribution in [0.1, 0.15) is 16.7 Å². The Morgan fingerprint density at radius 3 is 2.36 bits per heavy atom. The number of aromatic amines is 1. The molecule has 5 aromatic rings. The summed E-state index contributed by atoms with van der Waals surface area (Å²) in [7, 11) is -3.90. The van der Waals surface area contributed by atoms with E-state index in [0.29, 0.717) is 28.4 Å². The number of sulfonamides is 1. The number of hydrogen-bond acceptors (Lipinski definition) is 4. The van der Waals surface area contributed by atoms with Gasteiger partial charge in [-0.1, -0.05) is 36.4 Å². The van der Waals surface area contributed by atoms with E-state index in [2.05, 4.69) is 14.7 Å². The molecule has 0 aliphatic carbocycles. The maximum atomic E-state index is 13.4. The van der Waals surface area contributed by atoms with Crippen LogP contribution < -0.4 is 10.3 Å². The molecule has 0 aliphatic heterocycles. The van der Waals surface area contributed by atoms with Gasteiger partial charge in [-0.15, -0.1) is 0 Å². The highest BCUT2D eigenvalue weighted by Gasteiger charge is 2.33. The lowest BCUT2D eigenvalue weighted by molar-refractivity contribution is -0.136. The zero-order valence-corrected chi connectivity index (χ0v) is 19.3. The molecule has 2 aromatic heterocycles. The third-order valence-electron chi connectivity index (χ3n) is 5.73. The summed E-state index contributed by atoms with van der Waals surface area (Å²) in [6.07, 6.45) is -2.82. The van der Waals surface area contributed by atoms with Gasteiger partial charge >= 0.3 is 6.18 Å². The quantitative estimate of drug-likeness (QED) is 0.328. The lowest BCUT2D eigenvalue weighted by Gasteiger charge is -2.12. The number of alkyl halides is 3. The Labute approximate surface area is 203 Å². The summed E-state index contributed by atoms with van der Waals surface area (Å²) in [5.74, 6) is 0. The Kier molecular flexibility index (Phi) is 5.76. The van der Waals surface area contributed by atoms with Crippen molar-refractivity contribution in [2.24, 2.45) is 0 Å². The van der Waals surface area contributed by atoms with Gasteiger partial charge in [0.05, 0.1) is 21.7 Å². The van der Waals surface area contributed by atoms with Crippen LogP contribution in [-0.2, 0) is 22.6 Å². The van der Waals surface area contributed by atoms with Crippen molar-refractivity contribution in [3.05, 3.63) is 112 Å². The summed E-state index contributed by atoms with van der Waals surface area (Å²) in [5.41, 5.74) is 0.427. The van der Waals surface area contributed by atoms with Gasteiger partial charge in [-0.3, -0.25) is 14.5 Å². The van der Waals surface area contributed by atoms with E-state index in [9.17, 15) is 26.4 Å². The summed E-state index contributed by atoms with van der Waals surface area (Å²) >= 11 is 0. The number of nitrogens with one attached hydrogen (secondary N) is 2. The van der Waals surface area contributed by atoms with Crippen molar-refractivity contribution in [3.8, 4) is 0 Å². The molecule has 0 radical (unpaired) electrons. The van der Waals surface area contributed by atoms with Gasteiger partial charge < -0.3 is 4.98 Å². The van der Waals surface area contributed by atoms with Gasteiger partial charge in [-0.25, -0.2) is 8.42 Å². The van der Waals surface area contributed by atoms with Crippen LogP contribution in [-0.4, -0.2) is 18.4 Å². The molecule has 182 valence electrons. The van der Waals surface area contributed by atoms with Crippen molar-refractivity contribution >= 4 is 37.5 Å². The first kappa shape index (κ1) is 23.6. The minimum atomic E-state index is -4.67. The normalized spacial score (nSPS) is 12.2. The van der Waals surface area contributed by atoms with Crippen LogP contribution in [0, 0.1) is 0 Å². The van der Waals surface area contributed by atoms with E-state index >= 15 is 0 Å². The molecular weight excluding hydrogens is 491 g/mol. The number of halogens is 3. The molecule has 36 heavy (non-hydrogen) atoms. The number of H-pyrrole nitrogens is 1. The highest BCUT2D eigenvalue weighted by Crippen LogP contribution is 2.34.